The Morgan fingerprint density at radius 3 is 2.24 bits per heavy atom. The van der Waals surface area contributed by atoms with Crippen LogP contribution in [0.1, 0.15) is 65.4 Å². The zero-order valence-electron chi connectivity index (χ0n) is 20.5. The van der Waals surface area contributed by atoms with Gasteiger partial charge < -0.3 is 16.6 Å². The monoisotopic (exact) mass is 470 g/mol. The topological polar surface area (TPSA) is 115 Å². The summed E-state index contributed by atoms with van der Waals surface area (Å²) in [5, 5.41) is 9.81. The average Bonchev–Trinajstić information content (AvgIpc) is 2.76. The summed E-state index contributed by atoms with van der Waals surface area (Å²) in [5.41, 5.74) is 16.0. The number of aryl methyl sites for hydroxylation is 3. The van der Waals surface area contributed by atoms with Crippen LogP contribution < -0.4 is 11.5 Å². The molecule has 34 heavy (non-hydrogen) atoms. The zero-order chi connectivity index (χ0) is 25.7. The molecule has 1 amide bonds. The molecule has 0 fully saturated rings. The first-order valence-corrected chi connectivity index (χ1v) is 11.0. The smallest absolute Gasteiger partial charge is 0.281 e. The normalized spacial score (nSPS) is 11.8. The van der Waals surface area contributed by atoms with E-state index in [1.807, 2.05) is 33.8 Å². The highest BCUT2D eigenvalue weighted by Gasteiger charge is 2.26. The number of aromatic nitrogens is 2. The first-order valence-electron chi connectivity index (χ1n) is 11.0. The average molecular weight is 471 g/mol. The fourth-order valence-corrected chi connectivity index (χ4v) is 3.69. The number of rotatable bonds is 5. The Labute approximate surface area is 198 Å². The number of phenolic OH excluding ortho intramolecular Hbond substituents is 1. The van der Waals surface area contributed by atoms with Crippen LogP contribution in [-0.4, -0.2) is 21.0 Å². The van der Waals surface area contributed by atoms with Crippen molar-refractivity contribution in [2.75, 3.05) is 0 Å². The largest absolute Gasteiger partial charge is 0.508 e. The van der Waals surface area contributed by atoms with Gasteiger partial charge in [-0.3, -0.25) is 9.78 Å². The van der Waals surface area contributed by atoms with Crippen LogP contribution in [0.15, 0.2) is 30.1 Å². The third-order valence-electron chi connectivity index (χ3n) is 5.87. The molecule has 0 aliphatic heterocycles. The van der Waals surface area contributed by atoms with Gasteiger partial charge in [0.2, 0.25) is 0 Å². The number of nitrogens with zero attached hydrogens (tertiary/aromatic N) is 2. The van der Waals surface area contributed by atoms with Crippen LogP contribution in [0.5, 0.6) is 5.75 Å². The second-order valence-corrected chi connectivity index (χ2v) is 8.31. The highest BCUT2D eigenvalue weighted by atomic mass is 19.3. The quantitative estimate of drug-likeness (QED) is 0.429. The molecule has 0 atom stereocenters. The first-order chi connectivity index (χ1) is 15.9. The summed E-state index contributed by atoms with van der Waals surface area (Å²) in [6.45, 7) is 11.3. The van der Waals surface area contributed by atoms with E-state index in [9.17, 15) is 18.7 Å². The molecule has 1 aromatic carbocycles. The van der Waals surface area contributed by atoms with E-state index in [2.05, 4.69) is 9.97 Å². The Balaban J connectivity index is 0.000000340. The van der Waals surface area contributed by atoms with Crippen molar-refractivity contribution in [1.29, 1.82) is 0 Å². The van der Waals surface area contributed by atoms with Gasteiger partial charge in [-0.15, -0.1) is 0 Å². The van der Waals surface area contributed by atoms with Crippen LogP contribution in [-0.2, 0) is 4.79 Å². The number of primary amides is 1. The molecule has 6 nitrogen and oxygen atoms in total. The van der Waals surface area contributed by atoms with E-state index in [1.54, 1.807) is 32.2 Å². The van der Waals surface area contributed by atoms with Gasteiger partial charge in [0.05, 0.1) is 11.1 Å². The zero-order valence-corrected chi connectivity index (χ0v) is 20.5. The summed E-state index contributed by atoms with van der Waals surface area (Å²) in [5.74, 6) is -0.449. The second-order valence-electron chi connectivity index (χ2n) is 8.31. The molecule has 0 saturated carbocycles. The Morgan fingerprint density at radius 2 is 1.71 bits per heavy atom. The summed E-state index contributed by atoms with van der Waals surface area (Å²) in [6.07, 6.45) is -0.265. The van der Waals surface area contributed by atoms with Crippen molar-refractivity contribution >= 4 is 22.4 Å². The summed E-state index contributed by atoms with van der Waals surface area (Å²) < 4.78 is 27.2. The number of aromatic hydroxyl groups is 1. The lowest BCUT2D eigenvalue weighted by molar-refractivity contribution is -0.112. The predicted octanol–water partition coefficient (Wildman–Crippen LogP) is 5.46. The van der Waals surface area contributed by atoms with Gasteiger partial charge in [-0.2, -0.15) is 0 Å². The summed E-state index contributed by atoms with van der Waals surface area (Å²) in [7, 11) is 0. The molecule has 2 aromatic heterocycles. The fourth-order valence-electron chi connectivity index (χ4n) is 3.69. The molecule has 0 spiro atoms. The molecule has 0 saturated heterocycles. The third kappa shape index (κ3) is 5.68. The third-order valence-corrected chi connectivity index (χ3v) is 5.87. The SMILES string of the molecule is CCC/C(N)=C(/C(N)=O)c1c(C(F)F)nc2cc(C)ncc2c1C.Cc1ccc(O)c(C)c1C. The molecule has 3 aromatic rings. The van der Waals surface area contributed by atoms with Crippen molar-refractivity contribution < 1.29 is 18.7 Å². The molecule has 2 heterocycles. The minimum absolute atomic E-state index is 0.0154. The number of phenols is 1. The van der Waals surface area contributed by atoms with Crippen LogP contribution in [0, 0.1) is 34.6 Å². The van der Waals surface area contributed by atoms with Crippen molar-refractivity contribution in [3.8, 4) is 5.75 Å². The maximum absolute atomic E-state index is 13.6. The number of carbonyl (C=O) groups excluding carboxylic acids is 1. The van der Waals surface area contributed by atoms with E-state index in [4.69, 9.17) is 11.5 Å². The van der Waals surface area contributed by atoms with Gasteiger partial charge in [-0.25, -0.2) is 13.8 Å². The van der Waals surface area contributed by atoms with E-state index in [1.165, 1.54) is 11.1 Å². The summed E-state index contributed by atoms with van der Waals surface area (Å²) >= 11 is 0. The number of benzene rings is 1. The fraction of sp³-hybridized carbons (Fsp3) is 0.346. The Kier molecular flexibility index (Phi) is 8.68. The summed E-state index contributed by atoms with van der Waals surface area (Å²) in [6, 6.07) is 5.29. The number of hydrogen-bond acceptors (Lipinski definition) is 5. The Hall–Kier alpha value is -3.55. The van der Waals surface area contributed by atoms with Gasteiger partial charge in [0.1, 0.15) is 11.4 Å². The van der Waals surface area contributed by atoms with Crippen molar-refractivity contribution in [3.63, 3.8) is 0 Å². The molecule has 0 unspecified atom stereocenters. The van der Waals surface area contributed by atoms with Gasteiger partial charge in [0.15, 0.2) is 0 Å². The Morgan fingerprint density at radius 1 is 1.06 bits per heavy atom. The van der Waals surface area contributed by atoms with Crippen LogP contribution in [0.25, 0.3) is 16.5 Å². The van der Waals surface area contributed by atoms with E-state index < -0.39 is 18.0 Å². The molecule has 0 aliphatic carbocycles. The van der Waals surface area contributed by atoms with Crippen molar-refractivity contribution in [2.45, 2.75) is 60.8 Å². The predicted molar refractivity (Wildman–Crippen MR) is 131 cm³/mol. The molecule has 0 radical (unpaired) electrons. The van der Waals surface area contributed by atoms with Gasteiger partial charge in [-0.1, -0.05) is 19.4 Å². The number of pyridine rings is 2. The second kappa shape index (κ2) is 11.0. The maximum atomic E-state index is 13.6. The van der Waals surface area contributed by atoms with Crippen molar-refractivity contribution in [3.05, 3.63) is 69.3 Å². The number of allylic oxidation sites excluding steroid dienone is 1. The number of amides is 1. The van der Waals surface area contributed by atoms with Crippen molar-refractivity contribution in [1.82, 2.24) is 9.97 Å². The molecule has 0 aliphatic rings. The standard InChI is InChI=1S/C17H20F2N4O.C9H12O/c1-4-5-11(20)14(17(21)24)13-9(3)10-7-22-8(2)6-12(10)23-15(13)16(18)19;1-6-4-5-9(10)8(3)7(6)2/h6-7,16H,4-5,20H2,1-3H3,(H2,21,24);4-5,10H,1-3H3/b14-11-;. The van der Waals surface area contributed by atoms with Gasteiger partial charge >= 0.3 is 0 Å². The highest BCUT2D eigenvalue weighted by Crippen LogP contribution is 2.34. The van der Waals surface area contributed by atoms with E-state index >= 15 is 0 Å². The lowest BCUT2D eigenvalue weighted by Crippen LogP contribution is -2.20. The van der Waals surface area contributed by atoms with Gasteiger partial charge in [0.25, 0.3) is 12.3 Å². The number of alkyl halides is 2. The van der Waals surface area contributed by atoms with Crippen LogP contribution in [0.2, 0.25) is 0 Å². The number of hydrogen-bond donors (Lipinski definition) is 3. The first kappa shape index (κ1) is 26.7. The lowest BCUT2D eigenvalue weighted by atomic mass is 9.93. The molecule has 182 valence electrons. The van der Waals surface area contributed by atoms with Crippen LogP contribution in [0.3, 0.4) is 0 Å². The molecule has 5 N–H and O–H groups in total. The highest BCUT2D eigenvalue weighted by molar-refractivity contribution is 6.21. The molecular weight excluding hydrogens is 438 g/mol. The summed E-state index contributed by atoms with van der Waals surface area (Å²) in [4.78, 5) is 20.2. The van der Waals surface area contributed by atoms with E-state index in [-0.39, 0.29) is 16.8 Å². The van der Waals surface area contributed by atoms with Crippen LogP contribution in [0.4, 0.5) is 8.78 Å². The van der Waals surface area contributed by atoms with E-state index in [0.29, 0.717) is 40.8 Å². The Bertz CT molecular complexity index is 1230. The van der Waals surface area contributed by atoms with Gasteiger partial charge in [0, 0.05) is 28.5 Å². The number of fused-ring (bicyclic) bond motifs is 1. The maximum Gasteiger partial charge on any atom is 0.281 e. The number of nitrogens with two attached hydrogens (primary N) is 2. The van der Waals surface area contributed by atoms with Crippen LogP contribution >= 0.6 is 0 Å². The minimum Gasteiger partial charge on any atom is -0.508 e. The molecular formula is C26H32F2N4O2. The minimum atomic E-state index is -2.86. The molecule has 0 bridgehead atoms. The van der Waals surface area contributed by atoms with Crippen molar-refractivity contribution in [2.24, 2.45) is 11.5 Å². The van der Waals surface area contributed by atoms with E-state index in [0.717, 1.165) is 5.56 Å². The number of carbonyl (C=O) groups is 1. The number of halogens is 2. The lowest BCUT2D eigenvalue weighted by Gasteiger charge is -2.17. The molecule has 3 rings (SSSR count). The molecule has 8 heteroatoms. The van der Waals surface area contributed by atoms with Gasteiger partial charge in [-0.05, 0) is 75.4 Å².